The molecule has 0 bridgehead atoms. The summed E-state index contributed by atoms with van der Waals surface area (Å²) in [6.45, 7) is 3.44. The van der Waals surface area contributed by atoms with Crippen LogP contribution in [0.5, 0.6) is 0 Å². The Morgan fingerprint density at radius 1 is 1.50 bits per heavy atom. The average Bonchev–Trinajstić information content (AvgIpc) is 3.02. The molecule has 1 aromatic heterocycles. The van der Waals surface area contributed by atoms with Crippen LogP contribution in [0.1, 0.15) is 24.3 Å². The van der Waals surface area contributed by atoms with Crippen LogP contribution in [0, 0.1) is 19.8 Å². The molecule has 1 fully saturated rings. The molecule has 18 heavy (non-hydrogen) atoms. The zero-order valence-corrected chi connectivity index (χ0v) is 12.0. The van der Waals surface area contributed by atoms with Crippen LogP contribution in [0.15, 0.2) is 9.42 Å². The van der Waals surface area contributed by atoms with E-state index in [1.165, 1.54) is 0 Å². The predicted molar refractivity (Wildman–Crippen MR) is 69.1 cm³/mol. The quantitative estimate of drug-likeness (QED) is 0.834. The Labute approximate surface area is 113 Å². The molecular weight excluding hydrogens is 278 g/mol. The van der Waals surface area contributed by atoms with Crippen molar-refractivity contribution in [3.8, 4) is 0 Å². The molecular formula is C10H18ClN3O3S. The molecule has 0 radical (unpaired) electrons. The van der Waals surface area contributed by atoms with Gasteiger partial charge in [0.15, 0.2) is 5.76 Å². The summed E-state index contributed by atoms with van der Waals surface area (Å²) in [4.78, 5) is 0.125. The Hall–Kier alpha value is -0.630. The smallest absolute Gasteiger partial charge is 0.246 e. The second-order valence-corrected chi connectivity index (χ2v) is 6.21. The maximum atomic E-state index is 12.0. The molecule has 0 aromatic carbocycles. The number of hydrogen-bond donors (Lipinski definition) is 2. The molecule has 1 aliphatic rings. The average molecular weight is 296 g/mol. The van der Waals surface area contributed by atoms with Crippen LogP contribution in [0.4, 0.5) is 0 Å². The van der Waals surface area contributed by atoms with Gasteiger partial charge in [-0.15, -0.1) is 12.4 Å². The SMILES string of the molecule is Cc1noc(C)c1S(=O)(=O)NCC(N)C1CC1.Cl. The van der Waals surface area contributed by atoms with Gasteiger partial charge in [0.2, 0.25) is 10.0 Å². The highest BCUT2D eigenvalue weighted by Gasteiger charge is 2.30. The van der Waals surface area contributed by atoms with Gasteiger partial charge in [0, 0.05) is 12.6 Å². The number of aromatic nitrogens is 1. The largest absolute Gasteiger partial charge is 0.360 e. The molecule has 0 saturated heterocycles. The van der Waals surface area contributed by atoms with E-state index in [2.05, 4.69) is 9.88 Å². The fraction of sp³-hybridized carbons (Fsp3) is 0.700. The Morgan fingerprint density at radius 2 is 2.11 bits per heavy atom. The highest BCUT2D eigenvalue weighted by molar-refractivity contribution is 7.89. The Morgan fingerprint density at radius 3 is 2.56 bits per heavy atom. The van der Waals surface area contributed by atoms with Gasteiger partial charge < -0.3 is 10.3 Å². The van der Waals surface area contributed by atoms with Gasteiger partial charge in [-0.25, -0.2) is 13.1 Å². The van der Waals surface area contributed by atoms with E-state index in [9.17, 15) is 8.42 Å². The lowest BCUT2D eigenvalue weighted by Gasteiger charge is -2.11. The lowest BCUT2D eigenvalue weighted by atomic mass is 10.2. The van der Waals surface area contributed by atoms with E-state index in [0.717, 1.165) is 12.8 Å². The summed E-state index contributed by atoms with van der Waals surface area (Å²) in [5.41, 5.74) is 6.22. The summed E-state index contributed by atoms with van der Waals surface area (Å²) >= 11 is 0. The van der Waals surface area contributed by atoms with E-state index in [1.807, 2.05) is 0 Å². The van der Waals surface area contributed by atoms with Gasteiger partial charge >= 0.3 is 0 Å². The summed E-state index contributed by atoms with van der Waals surface area (Å²) in [6.07, 6.45) is 2.18. The van der Waals surface area contributed by atoms with Crippen molar-refractivity contribution in [3.63, 3.8) is 0 Å². The number of hydrogen-bond acceptors (Lipinski definition) is 5. The predicted octanol–water partition coefficient (Wildman–Crippen LogP) is 0.729. The van der Waals surface area contributed by atoms with Gasteiger partial charge in [-0.3, -0.25) is 0 Å². The third-order valence-corrected chi connectivity index (χ3v) is 4.64. The lowest BCUT2D eigenvalue weighted by molar-refractivity contribution is 0.390. The van der Waals surface area contributed by atoms with Crippen molar-refractivity contribution in [3.05, 3.63) is 11.5 Å². The maximum absolute atomic E-state index is 12.0. The third kappa shape index (κ3) is 3.23. The van der Waals surface area contributed by atoms with Crippen LogP contribution >= 0.6 is 12.4 Å². The van der Waals surface area contributed by atoms with Crippen molar-refractivity contribution in [2.24, 2.45) is 11.7 Å². The molecule has 1 aliphatic carbocycles. The molecule has 1 unspecified atom stereocenters. The molecule has 8 heteroatoms. The second kappa shape index (κ2) is 5.56. The zero-order chi connectivity index (χ0) is 12.6. The zero-order valence-electron chi connectivity index (χ0n) is 10.3. The number of aryl methyl sites for hydroxylation is 2. The summed E-state index contributed by atoms with van der Waals surface area (Å²) in [5, 5.41) is 3.63. The highest BCUT2D eigenvalue weighted by Crippen LogP contribution is 2.31. The number of nitrogens with one attached hydrogen (secondary N) is 1. The Kier molecular flexibility index (Phi) is 4.77. The fourth-order valence-electron chi connectivity index (χ4n) is 1.83. The fourth-order valence-corrected chi connectivity index (χ4v) is 3.23. The van der Waals surface area contributed by atoms with Gasteiger partial charge in [-0.05, 0) is 32.6 Å². The molecule has 6 nitrogen and oxygen atoms in total. The van der Waals surface area contributed by atoms with Crippen molar-refractivity contribution >= 4 is 22.4 Å². The minimum atomic E-state index is -3.57. The van der Waals surface area contributed by atoms with Crippen LogP contribution in [-0.4, -0.2) is 26.2 Å². The Balaban J connectivity index is 0.00000162. The summed E-state index contributed by atoms with van der Waals surface area (Å²) in [5.74, 6) is 0.761. The first-order valence-corrected chi connectivity index (χ1v) is 7.08. The third-order valence-electron chi connectivity index (χ3n) is 2.97. The van der Waals surface area contributed by atoms with Crippen LogP contribution in [-0.2, 0) is 10.0 Å². The van der Waals surface area contributed by atoms with Crippen LogP contribution in [0.3, 0.4) is 0 Å². The minimum absolute atomic E-state index is 0. The molecule has 104 valence electrons. The molecule has 1 heterocycles. The normalized spacial score (nSPS) is 17.3. The van der Waals surface area contributed by atoms with Gasteiger partial charge in [0.25, 0.3) is 0 Å². The molecule has 1 saturated carbocycles. The van der Waals surface area contributed by atoms with Crippen molar-refractivity contribution in [2.75, 3.05) is 6.54 Å². The van der Waals surface area contributed by atoms with Crippen molar-refractivity contribution in [2.45, 2.75) is 37.6 Å². The molecule has 1 aromatic rings. The number of rotatable bonds is 5. The molecule has 2 rings (SSSR count). The summed E-state index contributed by atoms with van der Waals surface area (Å²) in [7, 11) is -3.57. The number of nitrogens with two attached hydrogens (primary N) is 1. The molecule has 0 spiro atoms. The second-order valence-electron chi connectivity index (χ2n) is 4.51. The lowest BCUT2D eigenvalue weighted by Crippen LogP contribution is -2.38. The number of halogens is 1. The monoisotopic (exact) mass is 295 g/mol. The van der Waals surface area contributed by atoms with Gasteiger partial charge in [-0.2, -0.15) is 0 Å². The van der Waals surface area contributed by atoms with Crippen LogP contribution in [0.2, 0.25) is 0 Å². The molecule has 0 aliphatic heterocycles. The molecule has 3 N–H and O–H groups in total. The van der Waals surface area contributed by atoms with E-state index in [1.54, 1.807) is 13.8 Å². The summed E-state index contributed by atoms with van der Waals surface area (Å²) in [6, 6.07) is -0.106. The highest BCUT2D eigenvalue weighted by atomic mass is 35.5. The number of sulfonamides is 1. The Bertz CT molecular complexity index is 491. The first kappa shape index (κ1) is 15.4. The topological polar surface area (TPSA) is 98.2 Å². The van der Waals surface area contributed by atoms with Crippen LogP contribution in [0.25, 0.3) is 0 Å². The van der Waals surface area contributed by atoms with E-state index >= 15 is 0 Å². The summed E-state index contributed by atoms with van der Waals surface area (Å²) < 4.78 is 31.4. The molecule has 0 amide bonds. The number of nitrogens with zero attached hydrogens (tertiary/aromatic N) is 1. The van der Waals surface area contributed by atoms with Crippen LogP contribution < -0.4 is 10.5 Å². The van der Waals surface area contributed by atoms with Crippen molar-refractivity contribution < 1.29 is 12.9 Å². The first-order chi connectivity index (χ1) is 7.92. The van der Waals surface area contributed by atoms with E-state index in [4.69, 9.17) is 10.3 Å². The van der Waals surface area contributed by atoms with Crippen molar-refractivity contribution in [1.82, 2.24) is 9.88 Å². The van der Waals surface area contributed by atoms with Gasteiger partial charge in [0.05, 0.1) is 0 Å². The van der Waals surface area contributed by atoms with Gasteiger partial charge in [-0.1, -0.05) is 5.16 Å². The van der Waals surface area contributed by atoms with E-state index in [-0.39, 0.29) is 29.9 Å². The van der Waals surface area contributed by atoms with Gasteiger partial charge in [0.1, 0.15) is 10.6 Å². The maximum Gasteiger partial charge on any atom is 0.246 e. The van der Waals surface area contributed by atoms with E-state index < -0.39 is 10.0 Å². The van der Waals surface area contributed by atoms with Crippen molar-refractivity contribution in [1.29, 1.82) is 0 Å². The van der Waals surface area contributed by atoms with E-state index in [0.29, 0.717) is 17.4 Å². The first-order valence-electron chi connectivity index (χ1n) is 5.60. The molecule has 1 atom stereocenters. The standard InChI is InChI=1S/C10H17N3O3S.ClH/c1-6-10(7(2)16-13-6)17(14,15)12-5-9(11)8-3-4-8;/h8-9,12H,3-5,11H2,1-2H3;1H. The minimum Gasteiger partial charge on any atom is -0.360 e.